The first kappa shape index (κ1) is 13.1. The summed E-state index contributed by atoms with van der Waals surface area (Å²) < 4.78 is 8.27. The van der Waals surface area contributed by atoms with Crippen LogP contribution in [0.5, 0.6) is 5.75 Å². The van der Waals surface area contributed by atoms with Crippen molar-refractivity contribution in [3.8, 4) is 5.75 Å². The molecular weight excluding hydrogens is 294 g/mol. The van der Waals surface area contributed by atoms with Crippen molar-refractivity contribution in [1.29, 1.82) is 0 Å². The third kappa shape index (κ3) is 2.28. The van der Waals surface area contributed by atoms with Gasteiger partial charge in [0.2, 0.25) is 0 Å². The van der Waals surface area contributed by atoms with Gasteiger partial charge in [-0.1, -0.05) is 34.1 Å². The molecule has 2 rings (SSSR count). The molecular formula is C13H16BrN3O. The molecule has 1 heterocycles. The van der Waals surface area contributed by atoms with Gasteiger partial charge in [0, 0.05) is 11.5 Å². The quantitative estimate of drug-likeness (QED) is 0.943. The highest BCUT2D eigenvalue weighted by Gasteiger charge is 2.22. The van der Waals surface area contributed by atoms with Gasteiger partial charge in [-0.2, -0.15) is 5.10 Å². The number of rotatable bonds is 4. The highest BCUT2D eigenvalue weighted by atomic mass is 79.9. The van der Waals surface area contributed by atoms with E-state index < -0.39 is 0 Å². The fraction of sp³-hybridized carbons (Fsp3) is 0.308. The summed E-state index contributed by atoms with van der Waals surface area (Å²) in [6, 6.07) is 8.16. The predicted octanol–water partition coefficient (Wildman–Crippen LogP) is 2.50. The Balaban J connectivity index is 2.52. The molecule has 0 saturated heterocycles. The molecule has 0 radical (unpaired) electrons. The van der Waals surface area contributed by atoms with Crippen LogP contribution in [0.4, 0.5) is 0 Å². The van der Waals surface area contributed by atoms with E-state index in [1.807, 2.05) is 37.0 Å². The number of hydrogen-bond donors (Lipinski definition) is 1. The lowest BCUT2D eigenvalue weighted by Crippen LogP contribution is -2.21. The van der Waals surface area contributed by atoms with Crippen LogP contribution >= 0.6 is 15.9 Å². The SMILES string of the molecule is CNC(c1ccccc1Br)c1c(OC)cnn1C. The Hall–Kier alpha value is -1.33. The van der Waals surface area contributed by atoms with Crippen LogP contribution in [-0.4, -0.2) is 23.9 Å². The summed E-state index contributed by atoms with van der Waals surface area (Å²) in [5, 5.41) is 7.55. The smallest absolute Gasteiger partial charge is 0.161 e. The average Bonchev–Trinajstić information content (AvgIpc) is 2.74. The van der Waals surface area contributed by atoms with Crippen LogP contribution in [0, 0.1) is 0 Å². The van der Waals surface area contributed by atoms with Crippen molar-refractivity contribution in [3.05, 3.63) is 46.2 Å². The van der Waals surface area contributed by atoms with E-state index in [0.29, 0.717) is 0 Å². The molecule has 0 aliphatic heterocycles. The molecule has 18 heavy (non-hydrogen) atoms. The van der Waals surface area contributed by atoms with Gasteiger partial charge in [-0.3, -0.25) is 4.68 Å². The molecule has 0 aliphatic rings. The van der Waals surface area contributed by atoms with Crippen LogP contribution < -0.4 is 10.1 Å². The van der Waals surface area contributed by atoms with Gasteiger partial charge in [0.05, 0.1) is 19.3 Å². The Bertz CT molecular complexity index is 539. The highest BCUT2D eigenvalue weighted by molar-refractivity contribution is 9.10. The molecule has 1 N–H and O–H groups in total. The van der Waals surface area contributed by atoms with Gasteiger partial charge in [-0.15, -0.1) is 0 Å². The predicted molar refractivity (Wildman–Crippen MR) is 74.8 cm³/mol. The van der Waals surface area contributed by atoms with Crippen molar-refractivity contribution < 1.29 is 4.74 Å². The fourth-order valence-electron chi connectivity index (χ4n) is 2.06. The summed E-state index contributed by atoms with van der Waals surface area (Å²) >= 11 is 3.58. The summed E-state index contributed by atoms with van der Waals surface area (Å²) in [4.78, 5) is 0. The molecule has 0 amide bonds. The minimum Gasteiger partial charge on any atom is -0.493 e. The molecule has 4 nitrogen and oxygen atoms in total. The zero-order valence-electron chi connectivity index (χ0n) is 10.6. The molecule has 0 aliphatic carbocycles. The van der Waals surface area contributed by atoms with E-state index in [1.54, 1.807) is 13.3 Å². The molecule has 0 saturated carbocycles. The van der Waals surface area contributed by atoms with Crippen molar-refractivity contribution in [3.63, 3.8) is 0 Å². The van der Waals surface area contributed by atoms with Crippen molar-refractivity contribution in [2.24, 2.45) is 7.05 Å². The summed E-state index contributed by atoms with van der Waals surface area (Å²) in [7, 11) is 5.50. The molecule has 0 fully saturated rings. The lowest BCUT2D eigenvalue weighted by Gasteiger charge is -2.19. The molecule has 5 heteroatoms. The first-order valence-corrected chi connectivity index (χ1v) is 6.46. The molecule has 1 unspecified atom stereocenters. The Kier molecular flexibility index (Phi) is 4.04. The molecule has 1 aromatic carbocycles. The Morgan fingerprint density at radius 3 is 2.72 bits per heavy atom. The van der Waals surface area contributed by atoms with Crippen molar-refractivity contribution >= 4 is 15.9 Å². The van der Waals surface area contributed by atoms with Gasteiger partial charge in [0.1, 0.15) is 5.69 Å². The van der Waals surface area contributed by atoms with Crippen molar-refractivity contribution in [1.82, 2.24) is 15.1 Å². The van der Waals surface area contributed by atoms with Gasteiger partial charge in [0.15, 0.2) is 5.75 Å². The second kappa shape index (κ2) is 5.54. The standard InChI is InChI=1S/C13H16BrN3O/c1-15-12(9-6-4-5-7-10(9)14)13-11(18-3)8-16-17(13)2/h4-8,12,15H,1-3H3. The molecule has 0 spiro atoms. The lowest BCUT2D eigenvalue weighted by atomic mass is 10.0. The van der Waals surface area contributed by atoms with Crippen LogP contribution in [0.1, 0.15) is 17.3 Å². The zero-order valence-corrected chi connectivity index (χ0v) is 12.2. The van der Waals surface area contributed by atoms with Crippen molar-refractivity contribution in [2.75, 3.05) is 14.2 Å². The van der Waals surface area contributed by atoms with E-state index in [4.69, 9.17) is 4.74 Å². The molecule has 1 aromatic heterocycles. The van der Waals surface area contributed by atoms with Crippen LogP contribution in [0.3, 0.4) is 0 Å². The molecule has 2 aromatic rings. The maximum Gasteiger partial charge on any atom is 0.161 e. The molecule has 96 valence electrons. The van der Waals surface area contributed by atoms with Gasteiger partial charge >= 0.3 is 0 Å². The number of benzene rings is 1. The summed E-state index contributed by atoms with van der Waals surface area (Å²) in [6.45, 7) is 0. The number of methoxy groups -OCH3 is 1. The second-order valence-corrected chi connectivity index (χ2v) is 4.82. The monoisotopic (exact) mass is 309 g/mol. The van der Waals surface area contributed by atoms with E-state index in [1.165, 1.54) is 0 Å². The third-order valence-electron chi connectivity index (χ3n) is 2.95. The number of halogens is 1. The van der Waals surface area contributed by atoms with Crippen molar-refractivity contribution in [2.45, 2.75) is 6.04 Å². The lowest BCUT2D eigenvalue weighted by molar-refractivity contribution is 0.402. The van der Waals surface area contributed by atoms with E-state index >= 15 is 0 Å². The largest absolute Gasteiger partial charge is 0.493 e. The van der Waals surface area contributed by atoms with Gasteiger partial charge in [0.25, 0.3) is 0 Å². The third-order valence-corrected chi connectivity index (χ3v) is 3.67. The van der Waals surface area contributed by atoms with E-state index in [0.717, 1.165) is 21.5 Å². The van der Waals surface area contributed by atoms with Crippen LogP contribution in [-0.2, 0) is 7.05 Å². The Morgan fingerprint density at radius 2 is 2.11 bits per heavy atom. The second-order valence-electron chi connectivity index (χ2n) is 3.96. The zero-order chi connectivity index (χ0) is 13.1. The molecule has 1 atom stereocenters. The van der Waals surface area contributed by atoms with Crippen LogP contribution in [0.15, 0.2) is 34.9 Å². The maximum absolute atomic E-state index is 5.37. The average molecular weight is 310 g/mol. The minimum absolute atomic E-state index is 0.0306. The van der Waals surface area contributed by atoms with E-state index in [-0.39, 0.29) is 6.04 Å². The number of nitrogens with zero attached hydrogens (tertiary/aromatic N) is 2. The first-order valence-electron chi connectivity index (χ1n) is 5.66. The van der Waals surface area contributed by atoms with Gasteiger partial charge < -0.3 is 10.1 Å². The highest BCUT2D eigenvalue weighted by Crippen LogP contribution is 2.32. The normalized spacial score (nSPS) is 12.4. The van der Waals surface area contributed by atoms with Gasteiger partial charge in [-0.25, -0.2) is 0 Å². The summed E-state index contributed by atoms with van der Waals surface area (Å²) in [5.41, 5.74) is 2.16. The Morgan fingerprint density at radius 1 is 1.39 bits per heavy atom. The number of aromatic nitrogens is 2. The van der Waals surface area contributed by atoms with Gasteiger partial charge in [-0.05, 0) is 18.7 Å². The van der Waals surface area contributed by atoms with E-state index in [9.17, 15) is 0 Å². The fourth-order valence-corrected chi connectivity index (χ4v) is 2.58. The number of hydrogen-bond acceptors (Lipinski definition) is 3. The number of aryl methyl sites for hydroxylation is 1. The Labute approximate surface area is 115 Å². The molecule has 0 bridgehead atoms. The topological polar surface area (TPSA) is 39.1 Å². The van der Waals surface area contributed by atoms with E-state index in [2.05, 4.69) is 32.4 Å². The van der Waals surface area contributed by atoms with Crippen LogP contribution in [0.2, 0.25) is 0 Å². The minimum atomic E-state index is 0.0306. The summed E-state index contributed by atoms with van der Waals surface area (Å²) in [5.74, 6) is 0.785. The van der Waals surface area contributed by atoms with Crippen LogP contribution in [0.25, 0.3) is 0 Å². The number of ether oxygens (including phenoxy) is 1. The first-order chi connectivity index (χ1) is 8.69. The summed E-state index contributed by atoms with van der Waals surface area (Å²) in [6.07, 6.45) is 1.73. The number of nitrogens with one attached hydrogen (secondary N) is 1. The maximum atomic E-state index is 5.37.